The van der Waals surface area contributed by atoms with E-state index in [9.17, 15) is 8.42 Å². The Kier molecular flexibility index (Phi) is 5.80. The molecule has 1 fully saturated rings. The Bertz CT molecular complexity index is 876. The largest absolute Gasteiger partial charge is 0.376 e. The molecule has 4 rings (SSSR count). The predicted octanol–water partition coefficient (Wildman–Crippen LogP) is 2.43. The summed E-state index contributed by atoms with van der Waals surface area (Å²) in [5.74, 6) is 1.50. The maximum Gasteiger partial charge on any atom is 0.209 e. The van der Waals surface area contributed by atoms with Crippen LogP contribution in [0.2, 0.25) is 0 Å². The molecule has 0 amide bonds. The number of nitrogens with zero attached hydrogens (tertiary/aromatic N) is 3. The highest BCUT2D eigenvalue weighted by Gasteiger charge is 2.34. The second-order valence-electron chi connectivity index (χ2n) is 7.94. The zero-order valence-electron chi connectivity index (χ0n) is 16.2. The van der Waals surface area contributed by atoms with Gasteiger partial charge in [0.15, 0.2) is 0 Å². The number of fused-ring (bicyclic) bond motifs is 1. The average Bonchev–Trinajstić information content (AvgIpc) is 3.16. The Labute approximate surface area is 166 Å². The minimum Gasteiger partial charge on any atom is -0.376 e. The first-order valence-corrected chi connectivity index (χ1v) is 11.9. The molecule has 7 nitrogen and oxygen atoms in total. The molecule has 1 aromatic carbocycles. The topological polar surface area (TPSA) is 86.1 Å². The van der Waals surface area contributed by atoms with E-state index in [2.05, 4.69) is 45.1 Å². The molecular formula is C20H28N4O3S. The van der Waals surface area contributed by atoms with Gasteiger partial charge in [0.25, 0.3) is 0 Å². The minimum atomic E-state index is -3.29. The average molecular weight is 405 g/mol. The van der Waals surface area contributed by atoms with E-state index in [0.29, 0.717) is 25.4 Å². The van der Waals surface area contributed by atoms with Gasteiger partial charge in [0.05, 0.1) is 25.0 Å². The Morgan fingerprint density at radius 3 is 2.61 bits per heavy atom. The van der Waals surface area contributed by atoms with Gasteiger partial charge in [-0.3, -0.25) is 0 Å². The fraction of sp³-hybridized carbons (Fsp3) is 0.600. The van der Waals surface area contributed by atoms with Crippen molar-refractivity contribution in [1.82, 2.24) is 19.5 Å². The summed E-state index contributed by atoms with van der Waals surface area (Å²) in [6, 6.07) is 10.3. The standard InChI is InChI=1S/C20H28N4O3S/c1-28(25,26)23-18-11-12-20-21-14-22-24(20)19(18)13-27-17-9-7-16(8-10-17)15-5-3-2-4-6-15/h2-6,14,16-19,23H,7-13H2,1H3. The van der Waals surface area contributed by atoms with Gasteiger partial charge in [0, 0.05) is 12.5 Å². The molecule has 1 saturated carbocycles. The smallest absolute Gasteiger partial charge is 0.209 e. The highest BCUT2D eigenvalue weighted by Crippen LogP contribution is 2.34. The molecule has 0 spiro atoms. The molecule has 0 saturated heterocycles. The Balaban J connectivity index is 1.36. The van der Waals surface area contributed by atoms with E-state index in [0.717, 1.165) is 31.5 Å². The van der Waals surface area contributed by atoms with E-state index < -0.39 is 10.0 Å². The fourth-order valence-corrected chi connectivity index (χ4v) is 5.32. The van der Waals surface area contributed by atoms with Crippen molar-refractivity contribution in [2.45, 2.75) is 62.6 Å². The molecular weight excluding hydrogens is 376 g/mol. The van der Waals surface area contributed by atoms with Crippen LogP contribution in [0, 0.1) is 0 Å². The lowest BCUT2D eigenvalue weighted by Gasteiger charge is -2.34. The number of rotatable bonds is 6. The molecule has 152 valence electrons. The number of benzene rings is 1. The van der Waals surface area contributed by atoms with Gasteiger partial charge in [-0.1, -0.05) is 30.3 Å². The maximum atomic E-state index is 11.8. The minimum absolute atomic E-state index is 0.159. The van der Waals surface area contributed by atoms with Crippen molar-refractivity contribution in [3.8, 4) is 0 Å². The summed E-state index contributed by atoms with van der Waals surface area (Å²) in [4.78, 5) is 4.30. The van der Waals surface area contributed by atoms with E-state index in [4.69, 9.17) is 4.74 Å². The molecule has 0 bridgehead atoms. The number of aromatic nitrogens is 3. The van der Waals surface area contributed by atoms with E-state index >= 15 is 0 Å². The van der Waals surface area contributed by atoms with Crippen LogP contribution in [0.1, 0.15) is 55.5 Å². The lowest BCUT2D eigenvalue weighted by Crippen LogP contribution is -2.46. The third-order valence-electron chi connectivity index (χ3n) is 5.92. The molecule has 2 unspecified atom stereocenters. The highest BCUT2D eigenvalue weighted by molar-refractivity contribution is 7.88. The Morgan fingerprint density at radius 2 is 1.89 bits per heavy atom. The van der Waals surface area contributed by atoms with E-state index in [-0.39, 0.29) is 18.2 Å². The molecule has 2 atom stereocenters. The predicted molar refractivity (Wildman–Crippen MR) is 107 cm³/mol. The zero-order valence-corrected chi connectivity index (χ0v) is 17.0. The summed E-state index contributed by atoms with van der Waals surface area (Å²) in [7, 11) is -3.29. The van der Waals surface area contributed by atoms with Crippen LogP contribution in [-0.4, -0.2) is 48.2 Å². The van der Waals surface area contributed by atoms with Crippen molar-refractivity contribution in [3.05, 3.63) is 48.0 Å². The molecule has 0 radical (unpaired) electrons. The first kappa shape index (κ1) is 19.5. The van der Waals surface area contributed by atoms with Crippen molar-refractivity contribution in [3.63, 3.8) is 0 Å². The van der Waals surface area contributed by atoms with Gasteiger partial charge in [-0.2, -0.15) is 5.10 Å². The number of hydrogen-bond donors (Lipinski definition) is 1. The lowest BCUT2D eigenvalue weighted by molar-refractivity contribution is -0.00347. The number of aryl methyl sites for hydroxylation is 1. The summed E-state index contributed by atoms with van der Waals surface area (Å²) < 4.78 is 34.4. The van der Waals surface area contributed by atoms with Crippen molar-refractivity contribution in [2.75, 3.05) is 12.9 Å². The van der Waals surface area contributed by atoms with Crippen molar-refractivity contribution in [1.29, 1.82) is 0 Å². The third-order valence-corrected chi connectivity index (χ3v) is 6.65. The van der Waals surface area contributed by atoms with Crippen LogP contribution in [0.15, 0.2) is 36.7 Å². The summed E-state index contributed by atoms with van der Waals surface area (Å²) in [6.07, 6.45) is 8.68. The first-order chi connectivity index (χ1) is 13.5. The zero-order chi connectivity index (χ0) is 19.6. The van der Waals surface area contributed by atoms with Crippen LogP contribution in [0.4, 0.5) is 0 Å². The molecule has 1 aliphatic heterocycles. The highest BCUT2D eigenvalue weighted by atomic mass is 32.2. The van der Waals surface area contributed by atoms with E-state index in [1.54, 1.807) is 0 Å². The van der Waals surface area contributed by atoms with Crippen LogP contribution in [0.5, 0.6) is 0 Å². The van der Waals surface area contributed by atoms with Gasteiger partial charge in [-0.05, 0) is 43.6 Å². The van der Waals surface area contributed by atoms with Crippen LogP contribution < -0.4 is 4.72 Å². The van der Waals surface area contributed by atoms with Gasteiger partial charge >= 0.3 is 0 Å². The molecule has 2 aliphatic rings. The summed E-state index contributed by atoms with van der Waals surface area (Å²) in [5, 5.41) is 4.32. The van der Waals surface area contributed by atoms with Gasteiger partial charge in [0.1, 0.15) is 12.2 Å². The lowest BCUT2D eigenvalue weighted by atomic mass is 9.83. The third kappa shape index (κ3) is 4.61. The molecule has 2 heterocycles. The Hall–Kier alpha value is -1.77. The van der Waals surface area contributed by atoms with Gasteiger partial charge in [0.2, 0.25) is 10.0 Å². The summed E-state index contributed by atoms with van der Waals surface area (Å²) in [6.45, 7) is 0.449. The van der Waals surface area contributed by atoms with Gasteiger partial charge in [-0.15, -0.1) is 0 Å². The maximum absolute atomic E-state index is 11.8. The van der Waals surface area contributed by atoms with Crippen LogP contribution in [0.25, 0.3) is 0 Å². The molecule has 2 aromatic rings. The van der Waals surface area contributed by atoms with E-state index in [1.165, 1.54) is 18.1 Å². The first-order valence-electron chi connectivity index (χ1n) is 10.0. The van der Waals surface area contributed by atoms with Gasteiger partial charge in [-0.25, -0.2) is 22.8 Å². The van der Waals surface area contributed by atoms with Crippen molar-refractivity contribution >= 4 is 10.0 Å². The number of ether oxygens (including phenoxy) is 1. The molecule has 1 N–H and O–H groups in total. The SMILES string of the molecule is CS(=O)(=O)NC1CCc2ncnn2C1COC1CCC(c2ccccc2)CC1. The number of nitrogens with one attached hydrogen (secondary N) is 1. The molecule has 8 heteroatoms. The van der Waals surface area contributed by atoms with Crippen molar-refractivity contribution in [2.24, 2.45) is 0 Å². The van der Waals surface area contributed by atoms with Crippen molar-refractivity contribution < 1.29 is 13.2 Å². The van der Waals surface area contributed by atoms with Gasteiger partial charge < -0.3 is 4.74 Å². The quantitative estimate of drug-likeness (QED) is 0.799. The van der Waals surface area contributed by atoms with Crippen LogP contribution in [0.3, 0.4) is 0 Å². The molecule has 1 aliphatic carbocycles. The summed E-state index contributed by atoms with van der Waals surface area (Å²) in [5.41, 5.74) is 1.41. The molecule has 1 aromatic heterocycles. The monoisotopic (exact) mass is 404 g/mol. The number of hydrogen-bond acceptors (Lipinski definition) is 5. The summed E-state index contributed by atoms with van der Waals surface area (Å²) >= 11 is 0. The van der Waals surface area contributed by atoms with E-state index in [1.807, 2.05) is 4.68 Å². The van der Waals surface area contributed by atoms with Crippen LogP contribution in [-0.2, 0) is 21.2 Å². The van der Waals surface area contributed by atoms with Crippen LogP contribution >= 0.6 is 0 Å². The normalized spacial score (nSPS) is 28.0. The molecule has 28 heavy (non-hydrogen) atoms. The fourth-order valence-electron chi connectivity index (χ4n) is 4.50. The Morgan fingerprint density at radius 1 is 1.14 bits per heavy atom. The number of sulfonamides is 1. The second kappa shape index (κ2) is 8.31. The second-order valence-corrected chi connectivity index (χ2v) is 9.72.